The highest BCUT2D eigenvalue weighted by Crippen LogP contribution is 2.31. The Balaban J connectivity index is 1.84. The summed E-state index contributed by atoms with van der Waals surface area (Å²) in [6.45, 7) is 2.00. The third-order valence-corrected chi connectivity index (χ3v) is 4.61. The molecule has 0 aromatic heterocycles. The van der Waals surface area contributed by atoms with Crippen molar-refractivity contribution < 1.29 is 9.53 Å². The van der Waals surface area contributed by atoms with E-state index >= 15 is 0 Å². The number of nitrogens with zero attached hydrogens (tertiary/aromatic N) is 1. The summed E-state index contributed by atoms with van der Waals surface area (Å²) in [6, 6.07) is 12.4. The Morgan fingerprint density at radius 1 is 1.36 bits per heavy atom. The first kappa shape index (κ1) is 17.3. The minimum absolute atomic E-state index is 0.0250. The van der Waals surface area contributed by atoms with Gasteiger partial charge in [-0.1, -0.05) is 35.3 Å². The lowest BCUT2D eigenvalue weighted by Crippen LogP contribution is -2.13. The van der Waals surface area contributed by atoms with Crippen molar-refractivity contribution in [3.05, 3.63) is 63.1 Å². The van der Waals surface area contributed by atoms with E-state index in [4.69, 9.17) is 27.9 Å². The second-order valence-corrected chi connectivity index (χ2v) is 6.51. The van der Waals surface area contributed by atoms with E-state index in [1.165, 1.54) is 6.08 Å². The van der Waals surface area contributed by atoms with Gasteiger partial charge in [-0.25, -0.2) is 0 Å². The molecule has 6 heteroatoms. The number of nitrogens with one attached hydrogen (secondary N) is 1. The van der Waals surface area contributed by atoms with Crippen molar-refractivity contribution in [2.75, 3.05) is 5.32 Å². The van der Waals surface area contributed by atoms with Crippen LogP contribution in [0.25, 0.3) is 6.08 Å². The number of nitriles is 1. The lowest BCUT2D eigenvalue weighted by Gasteiger charge is -2.07. The SMILES string of the molecule is CC1Cc2cc(/C=C(/C#N)C(=O)Nc3cccc(Cl)c3Cl)ccc2O1. The summed E-state index contributed by atoms with van der Waals surface area (Å²) < 4.78 is 5.65. The van der Waals surface area contributed by atoms with Crippen LogP contribution >= 0.6 is 23.2 Å². The highest BCUT2D eigenvalue weighted by Gasteiger charge is 2.19. The summed E-state index contributed by atoms with van der Waals surface area (Å²) in [5, 5.41) is 12.5. The van der Waals surface area contributed by atoms with Crippen molar-refractivity contribution in [1.29, 1.82) is 5.26 Å². The van der Waals surface area contributed by atoms with Crippen LogP contribution in [0.4, 0.5) is 5.69 Å². The smallest absolute Gasteiger partial charge is 0.266 e. The number of halogens is 2. The molecule has 0 spiro atoms. The molecule has 0 radical (unpaired) electrons. The average molecular weight is 373 g/mol. The zero-order chi connectivity index (χ0) is 18.0. The fraction of sp³-hybridized carbons (Fsp3) is 0.158. The number of hydrogen-bond acceptors (Lipinski definition) is 3. The van der Waals surface area contributed by atoms with Crippen molar-refractivity contribution in [3.8, 4) is 11.8 Å². The summed E-state index contributed by atoms with van der Waals surface area (Å²) in [4.78, 5) is 12.4. The molecule has 1 heterocycles. The molecule has 2 aromatic carbocycles. The van der Waals surface area contributed by atoms with Gasteiger partial charge in [0.25, 0.3) is 5.91 Å². The Labute approximate surface area is 155 Å². The molecule has 0 saturated heterocycles. The van der Waals surface area contributed by atoms with Crippen molar-refractivity contribution in [2.45, 2.75) is 19.4 Å². The molecule has 1 N–H and O–H groups in total. The summed E-state index contributed by atoms with van der Waals surface area (Å²) in [5.41, 5.74) is 2.16. The normalized spacial score (nSPS) is 15.9. The molecule has 4 nitrogen and oxygen atoms in total. The number of ether oxygens (including phenoxy) is 1. The van der Waals surface area contributed by atoms with Crippen molar-refractivity contribution in [1.82, 2.24) is 0 Å². The quantitative estimate of drug-likeness (QED) is 0.617. The van der Waals surface area contributed by atoms with Crippen molar-refractivity contribution in [2.24, 2.45) is 0 Å². The second kappa shape index (κ2) is 7.18. The summed E-state index contributed by atoms with van der Waals surface area (Å²) in [5.74, 6) is 0.301. The fourth-order valence-electron chi connectivity index (χ4n) is 2.64. The van der Waals surface area contributed by atoms with Gasteiger partial charge in [-0.2, -0.15) is 5.26 Å². The van der Waals surface area contributed by atoms with Gasteiger partial charge >= 0.3 is 0 Å². The Morgan fingerprint density at radius 3 is 2.92 bits per heavy atom. The van der Waals surface area contributed by atoms with Crippen LogP contribution < -0.4 is 10.1 Å². The van der Waals surface area contributed by atoms with Gasteiger partial charge in [-0.05, 0) is 48.4 Å². The molecule has 1 atom stereocenters. The molecule has 126 valence electrons. The first-order valence-electron chi connectivity index (χ1n) is 7.64. The first-order chi connectivity index (χ1) is 12.0. The zero-order valence-electron chi connectivity index (χ0n) is 13.3. The molecule has 0 aliphatic carbocycles. The van der Waals surface area contributed by atoms with Crippen LogP contribution in [0.5, 0.6) is 5.75 Å². The Bertz CT molecular complexity index is 916. The third-order valence-electron chi connectivity index (χ3n) is 3.80. The molecule has 0 bridgehead atoms. The average Bonchev–Trinajstić information content (AvgIpc) is 2.96. The Hall–Kier alpha value is -2.48. The molecular formula is C19H14Cl2N2O2. The van der Waals surface area contributed by atoms with Gasteiger partial charge < -0.3 is 10.1 Å². The maximum Gasteiger partial charge on any atom is 0.266 e. The van der Waals surface area contributed by atoms with Gasteiger partial charge in [0.2, 0.25) is 0 Å². The predicted octanol–water partition coefficient (Wildman–Crippen LogP) is 4.86. The third kappa shape index (κ3) is 3.79. The summed E-state index contributed by atoms with van der Waals surface area (Å²) >= 11 is 12.0. The number of carbonyl (C=O) groups is 1. The van der Waals surface area contributed by atoms with E-state index in [0.717, 1.165) is 23.3 Å². The number of rotatable bonds is 3. The Morgan fingerprint density at radius 2 is 2.16 bits per heavy atom. The van der Waals surface area contributed by atoms with E-state index in [9.17, 15) is 10.1 Å². The number of benzene rings is 2. The topological polar surface area (TPSA) is 62.1 Å². The van der Waals surface area contributed by atoms with Crippen LogP contribution in [-0.4, -0.2) is 12.0 Å². The molecule has 25 heavy (non-hydrogen) atoms. The number of amides is 1. The van der Waals surface area contributed by atoms with Crippen molar-refractivity contribution in [3.63, 3.8) is 0 Å². The fourth-order valence-corrected chi connectivity index (χ4v) is 2.98. The van der Waals surface area contributed by atoms with Crippen LogP contribution in [0.2, 0.25) is 10.0 Å². The molecule has 1 aliphatic rings. The van der Waals surface area contributed by atoms with Gasteiger partial charge in [0.15, 0.2) is 0 Å². The van der Waals surface area contributed by atoms with Crippen LogP contribution in [-0.2, 0) is 11.2 Å². The minimum Gasteiger partial charge on any atom is -0.490 e. The van der Waals surface area contributed by atoms with E-state index in [0.29, 0.717) is 10.7 Å². The largest absolute Gasteiger partial charge is 0.490 e. The minimum atomic E-state index is -0.545. The molecule has 1 aliphatic heterocycles. The zero-order valence-corrected chi connectivity index (χ0v) is 14.9. The van der Waals surface area contributed by atoms with E-state index in [-0.39, 0.29) is 16.7 Å². The molecular weight excluding hydrogens is 359 g/mol. The van der Waals surface area contributed by atoms with E-state index in [1.807, 2.05) is 31.2 Å². The monoisotopic (exact) mass is 372 g/mol. The number of anilines is 1. The lowest BCUT2D eigenvalue weighted by molar-refractivity contribution is -0.112. The number of carbonyl (C=O) groups excluding carboxylic acids is 1. The standard InChI is InChI=1S/C19H14Cl2N2O2/c1-11-7-13-8-12(5-6-17(13)25-11)9-14(10-22)19(24)23-16-4-2-3-15(20)18(16)21/h2-6,8-9,11H,7H2,1H3,(H,23,24)/b14-9-. The maximum absolute atomic E-state index is 12.4. The van der Waals surface area contributed by atoms with Crippen LogP contribution in [0, 0.1) is 11.3 Å². The molecule has 1 amide bonds. The van der Waals surface area contributed by atoms with Gasteiger partial charge in [-0.15, -0.1) is 0 Å². The number of fused-ring (bicyclic) bond motifs is 1. The second-order valence-electron chi connectivity index (χ2n) is 5.73. The molecule has 2 aromatic rings. The van der Waals surface area contributed by atoms with Gasteiger partial charge in [0, 0.05) is 6.42 Å². The van der Waals surface area contributed by atoms with Gasteiger partial charge in [0.05, 0.1) is 15.7 Å². The summed E-state index contributed by atoms with van der Waals surface area (Å²) in [7, 11) is 0. The molecule has 0 fully saturated rings. The van der Waals surface area contributed by atoms with E-state index < -0.39 is 5.91 Å². The molecule has 1 unspecified atom stereocenters. The molecule has 0 saturated carbocycles. The molecule has 3 rings (SSSR count). The lowest BCUT2D eigenvalue weighted by atomic mass is 10.0. The van der Waals surface area contributed by atoms with Gasteiger partial charge in [-0.3, -0.25) is 4.79 Å². The first-order valence-corrected chi connectivity index (χ1v) is 8.40. The van der Waals surface area contributed by atoms with Crippen molar-refractivity contribution >= 4 is 40.9 Å². The van der Waals surface area contributed by atoms with E-state index in [2.05, 4.69) is 5.32 Å². The summed E-state index contributed by atoms with van der Waals surface area (Å²) in [6.07, 6.45) is 2.48. The number of hydrogen-bond donors (Lipinski definition) is 1. The maximum atomic E-state index is 12.4. The predicted molar refractivity (Wildman–Crippen MR) is 98.9 cm³/mol. The highest BCUT2D eigenvalue weighted by molar-refractivity contribution is 6.44. The van der Waals surface area contributed by atoms with Gasteiger partial charge in [0.1, 0.15) is 23.5 Å². The highest BCUT2D eigenvalue weighted by atomic mass is 35.5. The van der Waals surface area contributed by atoms with Crippen LogP contribution in [0.15, 0.2) is 42.0 Å². The van der Waals surface area contributed by atoms with Crippen LogP contribution in [0.1, 0.15) is 18.1 Å². The Kier molecular flexibility index (Phi) is 4.98. The van der Waals surface area contributed by atoms with E-state index in [1.54, 1.807) is 18.2 Å². The van der Waals surface area contributed by atoms with Crippen LogP contribution in [0.3, 0.4) is 0 Å².